The van der Waals surface area contributed by atoms with Crippen LogP contribution in [0.25, 0.3) is 20.7 Å². The number of halogens is 3. The van der Waals surface area contributed by atoms with Crippen molar-refractivity contribution in [2.75, 3.05) is 7.11 Å². The topological polar surface area (TPSA) is 42.4 Å². The number of rotatable bonds is 2. The van der Waals surface area contributed by atoms with Crippen LogP contribution in [0.5, 0.6) is 11.5 Å². The molecule has 2 heterocycles. The molecule has 2 aromatic heterocycles. The van der Waals surface area contributed by atoms with Gasteiger partial charge in [0, 0.05) is 6.20 Å². The minimum Gasteiger partial charge on any atom is -0.504 e. The van der Waals surface area contributed by atoms with E-state index in [-0.39, 0.29) is 11.3 Å². The number of ether oxygens (including phenoxy) is 1. The molecule has 0 aliphatic carbocycles. The Morgan fingerprint density at radius 1 is 1.23 bits per heavy atom. The predicted octanol–water partition coefficient (Wildman–Crippen LogP) is 4.70. The zero-order valence-corrected chi connectivity index (χ0v) is 12.1. The predicted molar refractivity (Wildman–Crippen MR) is 78.3 cm³/mol. The van der Waals surface area contributed by atoms with Crippen LogP contribution in [0.3, 0.4) is 0 Å². The summed E-state index contributed by atoms with van der Waals surface area (Å²) in [5.41, 5.74) is -0.157. The molecule has 3 rings (SSSR count). The van der Waals surface area contributed by atoms with E-state index in [0.29, 0.717) is 20.8 Å². The number of hydrogen-bond donors (Lipinski definition) is 1. The zero-order valence-electron chi connectivity index (χ0n) is 11.3. The molecular formula is C15H10F3NO2S. The molecule has 22 heavy (non-hydrogen) atoms. The molecule has 0 aliphatic rings. The first-order valence-electron chi connectivity index (χ1n) is 6.24. The number of benzene rings is 1. The lowest BCUT2D eigenvalue weighted by Crippen LogP contribution is -2.04. The van der Waals surface area contributed by atoms with Crippen molar-refractivity contribution in [1.82, 2.24) is 4.98 Å². The average Bonchev–Trinajstić information content (AvgIpc) is 2.84. The maximum atomic E-state index is 12.8. The normalized spacial score (nSPS) is 11.8. The van der Waals surface area contributed by atoms with Crippen LogP contribution in [-0.2, 0) is 6.18 Å². The van der Waals surface area contributed by atoms with Gasteiger partial charge < -0.3 is 9.84 Å². The summed E-state index contributed by atoms with van der Waals surface area (Å²) in [6, 6.07) is 6.47. The van der Waals surface area contributed by atoms with Crippen molar-refractivity contribution in [2.24, 2.45) is 0 Å². The lowest BCUT2D eigenvalue weighted by atomic mass is 10.1. The van der Waals surface area contributed by atoms with E-state index in [1.165, 1.54) is 25.4 Å². The fourth-order valence-corrected chi connectivity index (χ4v) is 3.29. The van der Waals surface area contributed by atoms with Crippen molar-refractivity contribution in [1.29, 1.82) is 0 Å². The zero-order chi connectivity index (χ0) is 15.9. The second kappa shape index (κ2) is 5.17. The van der Waals surface area contributed by atoms with Gasteiger partial charge in [-0.25, -0.2) is 0 Å². The Morgan fingerprint density at radius 2 is 2.00 bits per heavy atom. The van der Waals surface area contributed by atoms with Crippen molar-refractivity contribution in [3.63, 3.8) is 0 Å². The number of methoxy groups -OCH3 is 1. The maximum absolute atomic E-state index is 12.8. The molecule has 0 radical (unpaired) electrons. The van der Waals surface area contributed by atoms with Gasteiger partial charge in [0.25, 0.3) is 0 Å². The molecule has 3 nitrogen and oxygen atoms in total. The van der Waals surface area contributed by atoms with Crippen molar-refractivity contribution in [2.45, 2.75) is 6.18 Å². The van der Waals surface area contributed by atoms with Crippen LogP contribution in [0.15, 0.2) is 36.5 Å². The molecule has 0 saturated carbocycles. The van der Waals surface area contributed by atoms with Gasteiger partial charge in [0.1, 0.15) is 11.3 Å². The summed E-state index contributed by atoms with van der Waals surface area (Å²) in [5, 5.41) is 10.3. The number of hydrogen-bond acceptors (Lipinski definition) is 4. The molecule has 0 bridgehead atoms. The first-order valence-corrected chi connectivity index (χ1v) is 7.05. The summed E-state index contributed by atoms with van der Waals surface area (Å²) in [4.78, 5) is 4.40. The van der Waals surface area contributed by atoms with Crippen LogP contribution in [0.1, 0.15) is 5.56 Å². The van der Waals surface area contributed by atoms with E-state index in [9.17, 15) is 18.3 Å². The third kappa shape index (κ3) is 2.37. The van der Waals surface area contributed by atoms with Gasteiger partial charge in [-0.2, -0.15) is 13.2 Å². The Balaban J connectivity index is 2.21. The Kier molecular flexibility index (Phi) is 3.44. The number of thiophene rings is 1. The van der Waals surface area contributed by atoms with Crippen LogP contribution in [0, 0.1) is 0 Å². The van der Waals surface area contributed by atoms with E-state index in [1.54, 1.807) is 6.07 Å². The Labute approximate surface area is 127 Å². The van der Waals surface area contributed by atoms with Crippen LogP contribution in [-0.4, -0.2) is 17.2 Å². The quantitative estimate of drug-likeness (QED) is 0.743. The van der Waals surface area contributed by atoms with Gasteiger partial charge in [0.2, 0.25) is 0 Å². The highest BCUT2D eigenvalue weighted by atomic mass is 32.1. The standard InChI is InChI=1S/C15H10F3NO2S/c1-21-10-5-6-19-11-12(20)13(22-14(10)11)8-3-2-4-9(7-8)15(16,17)18/h2-7,20H,1H3. The van der Waals surface area contributed by atoms with E-state index in [1.807, 2.05) is 0 Å². The lowest BCUT2D eigenvalue weighted by molar-refractivity contribution is -0.137. The third-order valence-corrected chi connectivity index (χ3v) is 4.42. The van der Waals surface area contributed by atoms with E-state index in [2.05, 4.69) is 4.98 Å². The number of aromatic nitrogens is 1. The van der Waals surface area contributed by atoms with E-state index in [4.69, 9.17) is 4.74 Å². The number of alkyl halides is 3. The van der Waals surface area contributed by atoms with Crippen LogP contribution in [0.2, 0.25) is 0 Å². The molecule has 0 aliphatic heterocycles. The number of fused-ring (bicyclic) bond motifs is 1. The van der Waals surface area contributed by atoms with Crippen molar-refractivity contribution < 1.29 is 23.0 Å². The summed E-state index contributed by atoms with van der Waals surface area (Å²) >= 11 is 1.14. The summed E-state index contributed by atoms with van der Waals surface area (Å²) in [6.45, 7) is 0. The van der Waals surface area contributed by atoms with Crippen LogP contribution < -0.4 is 4.74 Å². The minimum absolute atomic E-state index is 0.141. The van der Waals surface area contributed by atoms with Gasteiger partial charge in [-0.1, -0.05) is 12.1 Å². The van der Waals surface area contributed by atoms with Crippen molar-refractivity contribution in [3.8, 4) is 21.9 Å². The monoisotopic (exact) mass is 325 g/mol. The SMILES string of the molecule is COc1ccnc2c(O)c(-c3cccc(C(F)(F)F)c3)sc12. The summed E-state index contributed by atoms with van der Waals surface area (Å²) in [5.74, 6) is 0.377. The molecule has 0 saturated heterocycles. The number of pyridine rings is 1. The van der Waals surface area contributed by atoms with Gasteiger partial charge >= 0.3 is 6.18 Å². The van der Waals surface area contributed by atoms with Crippen LogP contribution >= 0.6 is 11.3 Å². The van der Waals surface area contributed by atoms with Crippen molar-refractivity contribution >= 4 is 21.6 Å². The van der Waals surface area contributed by atoms with Gasteiger partial charge in [-0.05, 0) is 23.8 Å². The van der Waals surface area contributed by atoms with Crippen molar-refractivity contribution in [3.05, 3.63) is 42.1 Å². The van der Waals surface area contributed by atoms with E-state index in [0.717, 1.165) is 23.5 Å². The highest BCUT2D eigenvalue weighted by Crippen LogP contribution is 2.46. The molecule has 0 unspecified atom stereocenters. The molecule has 0 atom stereocenters. The first-order chi connectivity index (χ1) is 10.4. The van der Waals surface area contributed by atoms with E-state index >= 15 is 0 Å². The molecule has 0 spiro atoms. The summed E-state index contributed by atoms with van der Waals surface area (Å²) in [6.07, 6.45) is -2.96. The molecule has 0 amide bonds. The molecule has 7 heteroatoms. The van der Waals surface area contributed by atoms with Gasteiger partial charge in [-0.3, -0.25) is 4.98 Å². The molecular weight excluding hydrogens is 315 g/mol. The Hall–Kier alpha value is -2.28. The second-order valence-corrected chi connectivity index (χ2v) is 5.57. The highest BCUT2D eigenvalue weighted by molar-refractivity contribution is 7.23. The maximum Gasteiger partial charge on any atom is 0.416 e. The molecule has 114 valence electrons. The number of nitrogens with zero attached hydrogens (tertiary/aromatic N) is 1. The van der Waals surface area contributed by atoms with Gasteiger partial charge in [-0.15, -0.1) is 11.3 Å². The smallest absolute Gasteiger partial charge is 0.416 e. The average molecular weight is 325 g/mol. The minimum atomic E-state index is -4.43. The molecule has 1 N–H and O–H groups in total. The molecule has 3 aromatic rings. The van der Waals surface area contributed by atoms with Gasteiger partial charge in [0.05, 0.1) is 22.3 Å². The second-order valence-electron chi connectivity index (χ2n) is 4.55. The molecule has 0 fully saturated rings. The van der Waals surface area contributed by atoms with E-state index < -0.39 is 11.7 Å². The first kappa shape index (κ1) is 14.6. The third-order valence-electron chi connectivity index (χ3n) is 3.18. The largest absolute Gasteiger partial charge is 0.504 e. The number of aromatic hydroxyl groups is 1. The van der Waals surface area contributed by atoms with Gasteiger partial charge in [0.15, 0.2) is 5.75 Å². The fraction of sp³-hybridized carbons (Fsp3) is 0.133. The lowest BCUT2D eigenvalue weighted by Gasteiger charge is -2.07. The summed E-state index contributed by atoms with van der Waals surface area (Å²) in [7, 11) is 1.48. The Bertz CT molecular complexity index is 842. The van der Waals surface area contributed by atoms with Crippen LogP contribution in [0.4, 0.5) is 13.2 Å². The fourth-order valence-electron chi connectivity index (χ4n) is 2.15. The highest BCUT2D eigenvalue weighted by Gasteiger charge is 2.31. The Morgan fingerprint density at radius 3 is 2.68 bits per heavy atom. The summed E-state index contributed by atoms with van der Waals surface area (Å²) < 4.78 is 44.2. The molecule has 1 aromatic carbocycles.